The molecule has 3 nitrogen and oxygen atoms in total. The minimum Gasteiger partial charge on any atom is -0.493 e. The predicted molar refractivity (Wildman–Crippen MR) is 55.9 cm³/mol. The Morgan fingerprint density at radius 2 is 2.21 bits per heavy atom. The molecule has 0 spiro atoms. The maximum absolute atomic E-state index is 8.66. The van der Waals surface area contributed by atoms with E-state index in [1.165, 1.54) is 0 Å². The van der Waals surface area contributed by atoms with Crippen LogP contribution in [0.2, 0.25) is 0 Å². The number of ether oxygens (including phenoxy) is 1. The van der Waals surface area contributed by atoms with Crippen molar-refractivity contribution in [1.29, 1.82) is 5.26 Å². The number of benzene rings is 1. The number of rotatable bonds is 3. The van der Waals surface area contributed by atoms with Crippen LogP contribution in [-0.4, -0.2) is 6.61 Å². The predicted octanol–water partition coefficient (Wildman–Crippen LogP) is 2.18. The van der Waals surface area contributed by atoms with E-state index in [1.807, 2.05) is 6.07 Å². The number of nitrogens with zero attached hydrogens (tertiary/aromatic N) is 1. The summed E-state index contributed by atoms with van der Waals surface area (Å²) >= 11 is 0. The molecule has 0 aliphatic rings. The van der Waals surface area contributed by atoms with E-state index >= 15 is 0 Å². The van der Waals surface area contributed by atoms with Gasteiger partial charge in [-0.25, -0.2) is 0 Å². The van der Waals surface area contributed by atoms with E-state index in [1.54, 1.807) is 18.2 Å². The summed E-state index contributed by atoms with van der Waals surface area (Å²) in [6, 6.07) is 7.12. The second-order valence-electron chi connectivity index (χ2n) is 3.57. The van der Waals surface area contributed by atoms with Gasteiger partial charge in [0.05, 0.1) is 17.9 Å². The van der Waals surface area contributed by atoms with Crippen molar-refractivity contribution in [2.45, 2.75) is 13.8 Å². The fourth-order valence-corrected chi connectivity index (χ4v) is 0.995. The minimum atomic E-state index is 0.466. The lowest BCUT2D eigenvalue weighted by atomic mass is 10.2. The lowest BCUT2D eigenvalue weighted by Crippen LogP contribution is -2.04. The number of hydrogen-bond donors (Lipinski definition) is 1. The topological polar surface area (TPSA) is 59.0 Å². The second kappa shape index (κ2) is 4.52. The Morgan fingerprint density at radius 3 is 2.71 bits per heavy atom. The van der Waals surface area contributed by atoms with Gasteiger partial charge in [-0.3, -0.25) is 0 Å². The zero-order valence-corrected chi connectivity index (χ0v) is 8.45. The van der Waals surface area contributed by atoms with Crippen LogP contribution in [0.25, 0.3) is 0 Å². The summed E-state index contributed by atoms with van der Waals surface area (Å²) < 4.78 is 5.46. The molecule has 0 bridgehead atoms. The zero-order valence-electron chi connectivity index (χ0n) is 8.45. The van der Waals surface area contributed by atoms with Crippen molar-refractivity contribution >= 4 is 5.69 Å². The summed E-state index contributed by atoms with van der Waals surface area (Å²) in [5.41, 5.74) is 6.59. The second-order valence-corrected chi connectivity index (χ2v) is 3.57. The van der Waals surface area contributed by atoms with Gasteiger partial charge >= 0.3 is 0 Å². The van der Waals surface area contributed by atoms with E-state index in [2.05, 4.69) is 13.8 Å². The Hall–Kier alpha value is -1.69. The van der Waals surface area contributed by atoms with Crippen LogP contribution in [0.5, 0.6) is 5.75 Å². The number of nitrogen functional groups attached to an aromatic ring is 1. The van der Waals surface area contributed by atoms with Crippen LogP contribution in [0.3, 0.4) is 0 Å². The van der Waals surface area contributed by atoms with Gasteiger partial charge in [-0.05, 0) is 18.1 Å². The molecule has 0 saturated heterocycles. The molecule has 0 fully saturated rings. The molecule has 0 aliphatic heterocycles. The minimum absolute atomic E-state index is 0.466. The Bertz CT molecular complexity index is 353. The highest BCUT2D eigenvalue weighted by atomic mass is 16.5. The molecule has 0 aliphatic carbocycles. The lowest BCUT2D eigenvalue weighted by Gasteiger charge is -2.09. The quantitative estimate of drug-likeness (QED) is 0.743. The van der Waals surface area contributed by atoms with Gasteiger partial charge < -0.3 is 10.5 Å². The summed E-state index contributed by atoms with van der Waals surface area (Å²) in [5.74, 6) is 1.20. The fourth-order valence-electron chi connectivity index (χ4n) is 0.995. The highest BCUT2D eigenvalue weighted by molar-refractivity contribution is 5.56. The molecule has 0 aromatic heterocycles. The third kappa shape index (κ3) is 2.67. The van der Waals surface area contributed by atoms with E-state index in [4.69, 9.17) is 15.7 Å². The highest BCUT2D eigenvalue weighted by Crippen LogP contribution is 2.19. The first-order chi connectivity index (χ1) is 6.63. The first-order valence-corrected chi connectivity index (χ1v) is 4.56. The summed E-state index contributed by atoms with van der Waals surface area (Å²) in [6.07, 6.45) is 0. The van der Waals surface area contributed by atoms with Crippen LogP contribution < -0.4 is 10.5 Å². The van der Waals surface area contributed by atoms with Gasteiger partial charge in [-0.15, -0.1) is 0 Å². The largest absolute Gasteiger partial charge is 0.493 e. The van der Waals surface area contributed by atoms with Crippen molar-refractivity contribution in [1.82, 2.24) is 0 Å². The van der Waals surface area contributed by atoms with E-state index in [0.717, 1.165) is 5.75 Å². The summed E-state index contributed by atoms with van der Waals surface area (Å²) in [5, 5.41) is 8.66. The van der Waals surface area contributed by atoms with Crippen molar-refractivity contribution in [3.05, 3.63) is 23.8 Å². The van der Waals surface area contributed by atoms with Crippen molar-refractivity contribution in [2.75, 3.05) is 12.3 Å². The van der Waals surface area contributed by atoms with Crippen molar-refractivity contribution in [2.24, 2.45) is 5.92 Å². The summed E-state index contributed by atoms with van der Waals surface area (Å²) in [4.78, 5) is 0. The molecular formula is C11H14N2O. The van der Waals surface area contributed by atoms with Crippen molar-refractivity contribution < 1.29 is 4.74 Å². The normalized spacial score (nSPS) is 9.86. The molecular weight excluding hydrogens is 176 g/mol. The lowest BCUT2D eigenvalue weighted by molar-refractivity contribution is 0.271. The van der Waals surface area contributed by atoms with E-state index in [9.17, 15) is 0 Å². The van der Waals surface area contributed by atoms with E-state index in [0.29, 0.717) is 23.8 Å². The van der Waals surface area contributed by atoms with Gasteiger partial charge in [0, 0.05) is 6.07 Å². The van der Waals surface area contributed by atoms with Crippen molar-refractivity contribution in [3.63, 3.8) is 0 Å². The van der Waals surface area contributed by atoms with Gasteiger partial charge in [0.25, 0.3) is 0 Å². The zero-order chi connectivity index (χ0) is 10.6. The molecule has 0 saturated carbocycles. The monoisotopic (exact) mass is 190 g/mol. The molecule has 1 aromatic rings. The fraction of sp³-hybridized carbons (Fsp3) is 0.364. The molecule has 14 heavy (non-hydrogen) atoms. The summed E-state index contributed by atoms with van der Waals surface area (Å²) in [7, 11) is 0. The molecule has 3 heteroatoms. The highest BCUT2D eigenvalue weighted by Gasteiger charge is 2.01. The molecule has 0 atom stereocenters. The van der Waals surface area contributed by atoms with Gasteiger partial charge in [-0.1, -0.05) is 13.8 Å². The van der Waals surface area contributed by atoms with Gasteiger partial charge in [0.1, 0.15) is 11.8 Å². The van der Waals surface area contributed by atoms with Crippen LogP contribution in [0, 0.1) is 17.2 Å². The van der Waals surface area contributed by atoms with Crippen LogP contribution in [0.15, 0.2) is 18.2 Å². The Labute approximate surface area is 84.1 Å². The third-order valence-corrected chi connectivity index (χ3v) is 1.73. The van der Waals surface area contributed by atoms with Gasteiger partial charge in [0.2, 0.25) is 0 Å². The average molecular weight is 190 g/mol. The molecule has 74 valence electrons. The number of nitrogens with two attached hydrogens (primary N) is 1. The maximum Gasteiger partial charge on any atom is 0.121 e. The third-order valence-electron chi connectivity index (χ3n) is 1.73. The van der Waals surface area contributed by atoms with E-state index in [-0.39, 0.29) is 0 Å². The van der Waals surface area contributed by atoms with Crippen LogP contribution in [0.4, 0.5) is 5.69 Å². The Morgan fingerprint density at radius 1 is 1.50 bits per heavy atom. The van der Waals surface area contributed by atoms with E-state index < -0.39 is 0 Å². The van der Waals surface area contributed by atoms with Crippen LogP contribution in [-0.2, 0) is 0 Å². The molecule has 1 aromatic carbocycles. The Balaban J connectivity index is 2.73. The molecule has 0 heterocycles. The first-order valence-electron chi connectivity index (χ1n) is 4.56. The van der Waals surface area contributed by atoms with Crippen molar-refractivity contribution in [3.8, 4) is 11.8 Å². The Kier molecular flexibility index (Phi) is 3.35. The molecule has 0 radical (unpaired) electrons. The molecule has 1 rings (SSSR count). The van der Waals surface area contributed by atoms with Crippen LogP contribution in [0.1, 0.15) is 19.4 Å². The average Bonchev–Trinajstić information content (AvgIpc) is 2.15. The maximum atomic E-state index is 8.66. The smallest absolute Gasteiger partial charge is 0.121 e. The first kappa shape index (κ1) is 10.4. The number of hydrogen-bond acceptors (Lipinski definition) is 3. The van der Waals surface area contributed by atoms with Crippen LogP contribution >= 0.6 is 0 Å². The standard InChI is InChI=1S/C11H14N2O/c1-8(2)7-14-10-4-3-9(6-12)11(13)5-10/h3-5,8H,7,13H2,1-2H3. The van der Waals surface area contributed by atoms with Gasteiger partial charge in [0.15, 0.2) is 0 Å². The molecule has 0 unspecified atom stereocenters. The van der Waals surface area contributed by atoms with Gasteiger partial charge in [-0.2, -0.15) is 5.26 Å². The SMILES string of the molecule is CC(C)COc1ccc(C#N)c(N)c1. The molecule has 0 amide bonds. The molecule has 2 N–H and O–H groups in total. The number of anilines is 1. The summed E-state index contributed by atoms with van der Waals surface area (Å²) in [6.45, 7) is 4.81. The number of nitriles is 1.